The summed E-state index contributed by atoms with van der Waals surface area (Å²) < 4.78 is 10.8. The van der Waals surface area contributed by atoms with E-state index in [-0.39, 0.29) is 24.0 Å². The Bertz CT molecular complexity index is 968. The summed E-state index contributed by atoms with van der Waals surface area (Å²) in [5.74, 6) is 2.78. The van der Waals surface area contributed by atoms with Crippen molar-refractivity contribution < 1.29 is 9.15 Å². The van der Waals surface area contributed by atoms with Crippen LogP contribution in [0, 0.1) is 0 Å². The van der Waals surface area contributed by atoms with E-state index in [0.29, 0.717) is 31.1 Å². The number of aromatic amines is 1. The predicted molar refractivity (Wildman–Crippen MR) is 134 cm³/mol. The van der Waals surface area contributed by atoms with E-state index >= 15 is 0 Å². The second kappa shape index (κ2) is 12.6. The van der Waals surface area contributed by atoms with E-state index in [1.54, 1.807) is 13.3 Å². The highest BCUT2D eigenvalue weighted by Gasteiger charge is 2.13. The molecule has 1 aliphatic heterocycles. The van der Waals surface area contributed by atoms with Gasteiger partial charge in [0.25, 0.3) is 0 Å². The third-order valence-corrected chi connectivity index (χ3v) is 5.21. The number of nitrogens with zero attached hydrogens (tertiary/aromatic N) is 4. The fourth-order valence-electron chi connectivity index (χ4n) is 3.51. The molecule has 172 valence electrons. The first-order valence-corrected chi connectivity index (χ1v) is 10.6. The molecule has 1 aromatic carbocycles. The molecule has 9 nitrogen and oxygen atoms in total. The molecule has 3 heterocycles. The minimum Gasteiger partial charge on any atom is -0.461 e. The van der Waals surface area contributed by atoms with Gasteiger partial charge in [-0.05, 0) is 23.3 Å². The molecule has 2 aromatic heterocycles. The predicted octanol–water partition coefficient (Wildman–Crippen LogP) is 2.42. The zero-order chi connectivity index (χ0) is 21.3. The van der Waals surface area contributed by atoms with E-state index in [1.807, 2.05) is 12.1 Å². The van der Waals surface area contributed by atoms with Crippen LogP contribution in [-0.2, 0) is 24.2 Å². The number of morpholine rings is 1. The summed E-state index contributed by atoms with van der Waals surface area (Å²) in [6, 6.07) is 12.2. The van der Waals surface area contributed by atoms with E-state index in [2.05, 4.69) is 60.0 Å². The molecule has 1 fully saturated rings. The van der Waals surface area contributed by atoms with E-state index in [1.165, 1.54) is 11.1 Å². The number of halogens is 1. The van der Waals surface area contributed by atoms with E-state index in [0.717, 1.165) is 44.6 Å². The second-order valence-electron chi connectivity index (χ2n) is 7.34. The highest BCUT2D eigenvalue weighted by molar-refractivity contribution is 14.0. The summed E-state index contributed by atoms with van der Waals surface area (Å²) in [7, 11) is 1.78. The SMILES string of the molecule is CN=C(NCCc1nc(-c2ccco2)n[nH]1)NCc1ccccc1CN1CCOCC1.I. The summed E-state index contributed by atoms with van der Waals surface area (Å²) >= 11 is 0. The van der Waals surface area contributed by atoms with E-state index in [9.17, 15) is 0 Å². The maximum Gasteiger partial charge on any atom is 0.216 e. The van der Waals surface area contributed by atoms with Crippen molar-refractivity contribution in [1.82, 2.24) is 30.7 Å². The zero-order valence-electron chi connectivity index (χ0n) is 18.2. The molecule has 0 radical (unpaired) electrons. The average molecular weight is 551 g/mol. The molecule has 1 saturated heterocycles. The van der Waals surface area contributed by atoms with Gasteiger partial charge >= 0.3 is 0 Å². The number of ether oxygens (including phenoxy) is 1. The summed E-state index contributed by atoms with van der Waals surface area (Å²) in [6.07, 6.45) is 2.31. The summed E-state index contributed by atoms with van der Waals surface area (Å²) in [5, 5.41) is 13.9. The normalized spacial score (nSPS) is 14.7. The summed E-state index contributed by atoms with van der Waals surface area (Å²) in [5.41, 5.74) is 2.61. The van der Waals surface area contributed by atoms with Gasteiger partial charge in [0.2, 0.25) is 5.82 Å². The molecule has 0 amide bonds. The number of nitrogens with one attached hydrogen (secondary N) is 3. The minimum atomic E-state index is 0. The van der Waals surface area contributed by atoms with Gasteiger partial charge in [-0.25, -0.2) is 4.98 Å². The van der Waals surface area contributed by atoms with Crippen LogP contribution in [-0.4, -0.2) is 65.9 Å². The van der Waals surface area contributed by atoms with Crippen LogP contribution in [0.4, 0.5) is 0 Å². The third kappa shape index (κ3) is 6.78. The lowest BCUT2D eigenvalue weighted by molar-refractivity contribution is 0.0341. The monoisotopic (exact) mass is 551 g/mol. The van der Waals surface area contributed by atoms with Crippen molar-refractivity contribution in [2.45, 2.75) is 19.5 Å². The molecule has 4 rings (SSSR count). The molecule has 32 heavy (non-hydrogen) atoms. The number of aliphatic imine (C=N–C) groups is 1. The smallest absolute Gasteiger partial charge is 0.216 e. The Morgan fingerprint density at radius 1 is 1.12 bits per heavy atom. The van der Waals surface area contributed by atoms with Crippen LogP contribution in [0.2, 0.25) is 0 Å². The zero-order valence-corrected chi connectivity index (χ0v) is 20.5. The van der Waals surface area contributed by atoms with Crippen LogP contribution in [0.5, 0.6) is 0 Å². The molecule has 1 aliphatic rings. The van der Waals surface area contributed by atoms with Crippen molar-refractivity contribution in [3.63, 3.8) is 0 Å². The summed E-state index contributed by atoms with van der Waals surface area (Å²) in [6.45, 7) is 5.92. The van der Waals surface area contributed by atoms with Gasteiger partial charge in [0.1, 0.15) is 5.82 Å². The number of guanidine groups is 1. The molecule has 0 saturated carbocycles. The van der Waals surface area contributed by atoms with Crippen LogP contribution < -0.4 is 10.6 Å². The average Bonchev–Trinajstić information content (AvgIpc) is 3.50. The van der Waals surface area contributed by atoms with Gasteiger partial charge in [-0.15, -0.1) is 24.0 Å². The number of aromatic nitrogens is 3. The molecule has 0 atom stereocenters. The van der Waals surface area contributed by atoms with Crippen molar-refractivity contribution in [3.8, 4) is 11.6 Å². The third-order valence-electron chi connectivity index (χ3n) is 5.21. The Morgan fingerprint density at radius 3 is 2.69 bits per heavy atom. The largest absolute Gasteiger partial charge is 0.461 e. The number of hydrogen-bond acceptors (Lipinski definition) is 6. The van der Waals surface area contributed by atoms with E-state index < -0.39 is 0 Å². The topological polar surface area (TPSA) is 104 Å². The van der Waals surface area contributed by atoms with Crippen LogP contribution in [0.25, 0.3) is 11.6 Å². The maximum absolute atomic E-state index is 5.46. The number of benzene rings is 1. The maximum atomic E-state index is 5.46. The van der Waals surface area contributed by atoms with Gasteiger partial charge in [0.05, 0.1) is 19.5 Å². The molecule has 3 N–H and O–H groups in total. The summed E-state index contributed by atoms with van der Waals surface area (Å²) in [4.78, 5) is 11.2. The molecular formula is C22H30IN7O2. The number of H-pyrrole nitrogens is 1. The first kappa shape index (κ1) is 24.2. The van der Waals surface area contributed by atoms with Crippen molar-refractivity contribution in [2.75, 3.05) is 39.9 Å². The number of furan rings is 1. The van der Waals surface area contributed by atoms with Gasteiger partial charge < -0.3 is 19.8 Å². The molecule has 0 unspecified atom stereocenters. The molecular weight excluding hydrogens is 521 g/mol. The van der Waals surface area contributed by atoms with E-state index in [4.69, 9.17) is 9.15 Å². The van der Waals surface area contributed by atoms with Crippen LogP contribution in [0.1, 0.15) is 17.0 Å². The fourth-order valence-corrected chi connectivity index (χ4v) is 3.51. The Kier molecular flexibility index (Phi) is 9.50. The Morgan fingerprint density at radius 2 is 1.94 bits per heavy atom. The highest BCUT2D eigenvalue weighted by atomic mass is 127. The molecule has 0 bridgehead atoms. The van der Waals surface area contributed by atoms with Gasteiger partial charge in [-0.2, -0.15) is 5.10 Å². The molecule has 10 heteroatoms. The molecule has 3 aromatic rings. The lowest BCUT2D eigenvalue weighted by Crippen LogP contribution is -2.38. The molecule has 0 spiro atoms. The van der Waals surface area contributed by atoms with Crippen LogP contribution >= 0.6 is 24.0 Å². The Hall–Kier alpha value is -2.44. The highest BCUT2D eigenvalue weighted by Crippen LogP contribution is 2.14. The van der Waals surface area contributed by atoms with Crippen LogP contribution in [0.15, 0.2) is 52.1 Å². The van der Waals surface area contributed by atoms with Crippen molar-refractivity contribution >= 4 is 29.9 Å². The lowest BCUT2D eigenvalue weighted by atomic mass is 10.1. The quantitative estimate of drug-likeness (QED) is 0.225. The fraction of sp³-hybridized carbons (Fsp3) is 0.409. The standard InChI is InChI=1S/C22H29N7O2.HI/c1-23-22(24-9-8-20-26-21(28-27-20)19-7-4-12-31-19)25-15-17-5-2-3-6-18(17)16-29-10-13-30-14-11-29;/h2-7,12H,8-11,13-16H2,1H3,(H2,23,24,25)(H,26,27,28);1H. The van der Waals surface area contributed by atoms with Gasteiger partial charge in [0, 0.05) is 46.2 Å². The second-order valence-corrected chi connectivity index (χ2v) is 7.34. The Balaban J connectivity index is 0.00000289. The number of rotatable bonds is 8. The van der Waals surface area contributed by atoms with Crippen LogP contribution in [0.3, 0.4) is 0 Å². The van der Waals surface area contributed by atoms with Crippen molar-refractivity contribution in [2.24, 2.45) is 4.99 Å². The van der Waals surface area contributed by atoms with Gasteiger partial charge in [0.15, 0.2) is 11.7 Å². The van der Waals surface area contributed by atoms with Gasteiger partial charge in [-0.3, -0.25) is 15.0 Å². The lowest BCUT2D eigenvalue weighted by Gasteiger charge is -2.27. The number of hydrogen-bond donors (Lipinski definition) is 3. The Labute approximate surface area is 205 Å². The van der Waals surface area contributed by atoms with Gasteiger partial charge in [-0.1, -0.05) is 24.3 Å². The minimum absolute atomic E-state index is 0. The molecule has 0 aliphatic carbocycles. The first-order chi connectivity index (χ1) is 15.3. The van der Waals surface area contributed by atoms with Crippen molar-refractivity contribution in [1.29, 1.82) is 0 Å². The first-order valence-electron chi connectivity index (χ1n) is 10.6. The van der Waals surface area contributed by atoms with Crippen molar-refractivity contribution in [3.05, 3.63) is 59.6 Å².